The Labute approximate surface area is 366 Å². The van der Waals surface area contributed by atoms with E-state index < -0.39 is 0 Å². The van der Waals surface area contributed by atoms with Gasteiger partial charge in [-0.2, -0.15) is 0 Å². The topological polar surface area (TPSA) is 21.3 Å². The van der Waals surface area contributed by atoms with Crippen LogP contribution in [0.25, 0.3) is 93.9 Å². The Morgan fingerprint density at radius 2 is 0.778 bits per heavy atom. The van der Waals surface area contributed by atoms with E-state index >= 15 is 0 Å². The monoisotopic (exact) mass is 804 g/mol. The minimum absolute atomic E-state index is 0.898. The minimum Gasteiger partial charge on any atom is -0.456 e. The lowest BCUT2D eigenvalue weighted by Crippen LogP contribution is -2.11. The van der Waals surface area contributed by atoms with Crippen molar-refractivity contribution < 1.29 is 4.42 Å². The molecule has 0 spiro atoms. The fourth-order valence-corrected chi connectivity index (χ4v) is 9.52. The van der Waals surface area contributed by atoms with E-state index in [0.717, 1.165) is 61.4 Å². The predicted molar refractivity (Wildman–Crippen MR) is 264 cm³/mol. The first-order valence-electron chi connectivity index (χ1n) is 21.5. The van der Waals surface area contributed by atoms with Crippen LogP contribution in [0.3, 0.4) is 0 Å². The Bertz CT molecular complexity index is 3560. The molecule has 0 atom stereocenters. The van der Waals surface area contributed by atoms with Gasteiger partial charge in [0.15, 0.2) is 0 Å². The highest BCUT2D eigenvalue weighted by molar-refractivity contribution is 6.09. The highest BCUT2D eigenvalue weighted by atomic mass is 16.3. The molecule has 2 heterocycles. The molecule has 0 aliphatic heterocycles. The summed E-state index contributed by atoms with van der Waals surface area (Å²) in [5.74, 6) is 0. The maximum atomic E-state index is 6.17. The number of aromatic nitrogens is 1. The van der Waals surface area contributed by atoms with Gasteiger partial charge >= 0.3 is 0 Å². The van der Waals surface area contributed by atoms with E-state index in [1.807, 2.05) is 12.1 Å². The molecule has 0 aliphatic carbocycles. The summed E-state index contributed by atoms with van der Waals surface area (Å²) >= 11 is 0. The van der Waals surface area contributed by atoms with Crippen LogP contribution in [0.15, 0.2) is 247 Å². The fraction of sp³-hybridized carbons (Fsp3) is 0. The quantitative estimate of drug-likeness (QED) is 0.153. The molecule has 0 saturated carbocycles. The molecule has 0 bridgehead atoms. The Morgan fingerprint density at radius 3 is 1.46 bits per heavy atom. The predicted octanol–water partition coefficient (Wildman–Crippen LogP) is 16.8. The molecule has 0 fully saturated rings. The molecule has 63 heavy (non-hydrogen) atoms. The highest BCUT2D eigenvalue weighted by Gasteiger charge is 2.21. The summed E-state index contributed by atoms with van der Waals surface area (Å²) in [7, 11) is 0. The summed E-state index contributed by atoms with van der Waals surface area (Å²) in [5, 5.41) is 4.75. The zero-order chi connectivity index (χ0) is 41.7. The van der Waals surface area contributed by atoms with Gasteiger partial charge in [0.25, 0.3) is 0 Å². The first kappa shape index (κ1) is 36.5. The number of rotatable bonds is 8. The van der Waals surface area contributed by atoms with Crippen LogP contribution in [0, 0.1) is 0 Å². The number of hydrogen-bond donors (Lipinski definition) is 0. The molecule has 296 valence electrons. The number of para-hydroxylation sites is 4. The van der Waals surface area contributed by atoms with E-state index in [1.165, 1.54) is 49.6 Å². The summed E-state index contributed by atoms with van der Waals surface area (Å²) in [6.45, 7) is 0. The molecule has 0 unspecified atom stereocenters. The Kier molecular flexibility index (Phi) is 8.83. The van der Waals surface area contributed by atoms with E-state index in [4.69, 9.17) is 4.42 Å². The second kappa shape index (κ2) is 15.3. The van der Waals surface area contributed by atoms with E-state index in [9.17, 15) is 0 Å². The molecule has 0 N–H and O–H groups in total. The molecule has 12 rings (SSSR count). The van der Waals surface area contributed by atoms with Crippen molar-refractivity contribution >= 4 is 60.8 Å². The van der Waals surface area contributed by atoms with Crippen molar-refractivity contribution in [3.05, 3.63) is 243 Å². The van der Waals surface area contributed by atoms with Gasteiger partial charge in [-0.05, 0) is 112 Å². The zero-order valence-corrected chi connectivity index (χ0v) is 34.4. The van der Waals surface area contributed by atoms with E-state index in [0.29, 0.717) is 0 Å². The van der Waals surface area contributed by atoms with Crippen LogP contribution in [0.5, 0.6) is 0 Å². The van der Waals surface area contributed by atoms with Crippen molar-refractivity contribution in [2.75, 3.05) is 4.90 Å². The Hall–Kier alpha value is -8.40. The second-order valence-corrected chi connectivity index (χ2v) is 16.1. The third-order valence-electron chi connectivity index (χ3n) is 12.4. The van der Waals surface area contributed by atoms with Crippen LogP contribution in [0.4, 0.5) is 17.1 Å². The van der Waals surface area contributed by atoms with Gasteiger partial charge in [-0.25, -0.2) is 0 Å². The maximum Gasteiger partial charge on any atom is 0.135 e. The standard InChI is InChI=1S/C60H40N2O/c1-2-16-42(17-3-1)47-18-4-5-19-48(47)49-20-6-7-21-50(49)51-22-8-12-26-56(51)61(44-33-30-41(31-34-44)43-32-39-60-55(40-43)54-25-11-15-29-59(54)63-60)45-35-37-46(38-36-45)62-57-27-13-9-23-52(57)53-24-10-14-28-58(53)62/h1-40H. The van der Waals surface area contributed by atoms with Crippen molar-refractivity contribution in [3.63, 3.8) is 0 Å². The normalized spacial score (nSPS) is 11.5. The molecule has 10 aromatic carbocycles. The lowest BCUT2D eigenvalue weighted by atomic mass is 9.88. The van der Waals surface area contributed by atoms with Crippen LogP contribution in [0.1, 0.15) is 0 Å². The van der Waals surface area contributed by atoms with E-state index in [2.05, 4.69) is 240 Å². The van der Waals surface area contributed by atoms with Crippen LogP contribution in [-0.4, -0.2) is 4.57 Å². The molecule has 0 radical (unpaired) electrons. The van der Waals surface area contributed by atoms with Crippen LogP contribution < -0.4 is 4.90 Å². The molecular weight excluding hydrogens is 765 g/mol. The minimum atomic E-state index is 0.898. The first-order chi connectivity index (χ1) is 31.3. The number of nitrogens with zero attached hydrogens (tertiary/aromatic N) is 2. The van der Waals surface area contributed by atoms with Crippen LogP contribution >= 0.6 is 0 Å². The molecule has 3 nitrogen and oxygen atoms in total. The fourth-order valence-electron chi connectivity index (χ4n) is 9.52. The molecule has 2 aromatic heterocycles. The molecule has 0 saturated heterocycles. The Morgan fingerprint density at radius 1 is 0.302 bits per heavy atom. The third kappa shape index (κ3) is 6.29. The third-order valence-corrected chi connectivity index (χ3v) is 12.4. The van der Waals surface area contributed by atoms with Gasteiger partial charge in [-0.15, -0.1) is 0 Å². The lowest BCUT2D eigenvalue weighted by molar-refractivity contribution is 0.669. The van der Waals surface area contributed by atoms with Crippen molar-refractivity contribution in [3.8, 4) is 50.2 Å². The number of furan rings is 1. The highest BCUT2D eigenvalue weighted by Crippen LogP contribution is 2.46. The van der Waals surface area contributed by atoms with E-state index in [-0.39, 0.29) is 0 Å². The summed E-state index contributed by atoms with van der Waals surface area (Å²) in [6.07, 6.45) is 0. The number of fused-ring (bicyclic) bond motifs is 6. The maximum absolute atomic E-state index is 6.17. The number of hydrogen-bond acceptors (Lipinski definition) is 2. The zero-order valence-electron chi connectivity index (χ0n) is 34.4. The molecule has 0 aliphatic rings. The van der Waals surface area contributed by atoms with Gasteiger partial charge in [-0.3, -0.25) is 0 Å². The smallest absolute Gasteiger partial charge is 0.135 e. The van der Waals surface area contributed by atoms with Gasteiger partial charge < -0.3 is 13.9 Å². The number of anilines is 3. The summed E-state index contributed by atoms with van der Waals surface area (Å²) in [4.78, 5) is 2.40. The summed E-state index contributed by atoms with van der Waals surface area (Å²) in [6, 6.07) is 87.2. The van der Waals surface area contributed by atoms with E-state index in [1.54, 1.807) is 0 Å². The van der Waals surface area contributed by atoms with Crippen molar-refractivity contribution in [2.24, 2.45) is 0 Å². The molecule has 3 heteroatoms. The molecular formula is C60H40N2O. The van der Waals surface area contributed by atoms with Crippen molar-refractivity contribution in [2.45, 2.75) is 0 Å². The largest absolute Gasteiger partial charge is 0.456 e. The lowest BCUT2D eigenvalue weighted by Gasteiger charge is -2.29. The van der Waals surface area contributed by atoms with Gasteiger partial charge in [0.2, 0.25) is 0 Å². The van der Waals surface area contributed by atoms with Gasteiger partial charge in [0.1, 0.15) is 11.2 Å². The SMILES string of the molecule is c1ccc(-c2ccccc2-c2ccccc2-c2ccccc2N(c2ccc(-c3ccc4oc5ccccc5c4c3)cc2)c2ccc(-n3c4ccccc4c4ccccc43)cc2)cc1. The van der Waals surface area contributed by atoms with Crippen LogP contribution in [0.2, 0.25) is 0 Å². The van der Waals surface area contributed by atoms with Crippen LogP contribution in [-0.2, 0) is 0 Å². The summed E-state index contributed by atoms with van der Waals surface area (Å²) < 4.78 is 8.55. The Balaban J connectivity index is 1.01. The van der Waals surface area contributed by atoms with Gasteiger partial charge in [-0.1, -0.05) is 170 Å². The molecule has 12 aromatic rings. The molecule has 0 amide bonds. The van der Waals surface area contributed by atoms with Crippen molar-refractivity contribution in [1.29, 1.82) is 0 Å². The first-order valence-corrected chi connectivity index (χ1v) is 21.5. The second-order valence-electron chi connectivity index (χ2n) is 16.1. The number of benzene rings is 10. The van der Waals surface area contributed by atoms with Gasteiger partial charge in [0.05, 0.1) is 16.7 Å². The summed E-state index contributed by atoms with van der Waals surface area (Å²) in [5.41, 5.74) is 17.9. The average Bonchev–Trinajstić information content (AvgIpc) is 3.91. The average molecular weight is 805 g/mol. The van der Waals surface area contributed by atoms with Gasteiger partial charge in [0, 0.05) is 44.2 Å². The van der Waals surface area contributed by atoms with Crippen molar-refractivity contribution in [1.82, 2.24) is 4.57 Å².